The molecule has 2 heterocycles. The first-order valence-electron chi connectivity index (χ1n) is 11.0. The molecule has 3 aromatic carbocycles. The fourth-order valence-corrected chi connectivity index (χ4v) is 8.49. The van der Waals surface area contributed by atoms with Crippen molar-refractivity contribution in [1.82, 2.24) is 4.57 Å². The van der Waals surface area contributed by atoms with Crippen LogP contribution < -0.4 is 15.2 Å². The Balaban J connectivity index is 1.72. The first-order chi connectivity index (χ1) is 15.9. The first-order valence-corrected chi connectivity index (χ1v) is 13.8. The summed E-state index contributed by atoms with van der Waals surface area (Å²) >= 11 is 6.56. The molecule has 0 spiro atoms. The quantitative estimate of drug-likeness (QED) is 0.341. The lowest BCUT2D eigenvalue weighted by atomic mass is 10.2. The van der Waals surface area contributed by atoms with E-state index in [1.54, 1.807) is 0 Å². The minimum absolute atomic E-state index is 0.988. The van der Waals surface area contributed by atoms with Crippen molar-refractivity contribution in [3.63, 3.8) is 0 Å². The van der Waals surface area contributed by atoms with E-state index < -0.39 is 6.34 Å². The van der Waals surface area contributed by atoms with Gasteiger partial charge in [0.25, 0.3) is 0 Å². The molecule has 4 aromatic rings. The van der Waals surface area contributed by atoms with Gasteiger partial charge in [0.1, 0.15) is 0 Å². The van der Waals surface area contributed by atoms with E-state index in [-0.39, 0.29) is 0 Å². The number of hydrogen-bond acceptors (Lipinski definition) is 2. The van der Waals surface area contributed by atoms with Crippen LogP contribution in [0.4, 0.5) is 11.4 Å². The molecule has 5 rings (SSSR count). The first kappa shape index (κ1) is 21.7. The van der Waals surface area contributed by atoms with E-state index in [1.165, 1.54) is 11.1 Å². The molecule has 1 atom stereocenters. The van der Waals surface area contributed by atoms with Gasteiger partial charge in [0, 0.05) is 28.3 Å². The van der Waals surface area contributed by atoms with Crippen LogP contribution in [0.15, 0.2) is 84.0 Å². The maximum Gasteiger partial charge on any atom is 0.173 e. The van der Waals surface area contributed by atoms with Gasteiger partial charge in [-0.2, -0.15) is 5.10 Å². The lowest BCUT2D eigenvalue weighted by Gasteiger charge is -2.37. The van der Waals surface area contributed by atoms with E-state index >= 15 is 0 Å². The van der Waals surface area contributed by atoms with Crippen LogP contribution in [-0.4, -0.2) is 10.8 Å². The maximum atomic E-state index is 6.56. The van der Waals surface area contributed by atoms with E-state index in [2.05, 4.69) is 98.0 Å². The van der Waals surface area contributed by atoms with Gasteiger partial charge in [0.15, 0.2) is 6.34 Å². The van der Waals surface area contributed by atoms with Gasteiger partial charge in [-0.05, 0) is 75.9 Å². The Hall–Kier alpha value is -3.14. The minimum Gasteiger partial charge on any atom is -0.337 e. The SMILES string of the molecule is Cc1ccc(NP2(=S)c3c(c(C)n(-c4ccc(C)cc4)c3C)C=NN2c2ccccc2)cc1. The number of aromatic nitrogens is 1. The van der Waals surface area contributed by atoms with Crippen LogP contribution in [0.25, 0.3) is 5.69 Å². The molecule has 1 N–H and O–H groups in total. The maximum absolute atomic E-state index is 6.56. The number of nitrogens with one attached hydrogen (secondary N) is 1. The summed E-state index contributed by atoms with van der Waals surface area (Å²) in [6.07, 6.45) is -0.579. The fourth-order valence-electron chi connectivity index (χ4n) is 4.44. The molecule has 0 bridgehead atoms. The predicted octanol–water partition coefficient (Wildman–Crippen LogP) is 6.61. The number of rotatable bonds is 4. The monoisotopic (exact) mass is 470 g/mol. The molecule has 0 fully saturated rings. The molecule has 0 amide bonds. The third-order valence-corrected chi connectivity index (χ3v) is 10.0. The molecule has 0 saturated heterocycles. The second kappa shape index (κ2) is 8.33. The number of anilines is 2. The van der Waals surface area contributed by atoms with Gasteiger partial charge in [0.05, 0.1) is 17.2 Å². The van der Waals surface area contributed by atoms with Crippen molar-refractivity contribution in [1.29, 1.82) is 0 Å². The largest absolute Gasteiger partial charge is 0.337 e. The zero-order chi connectivity index (χ0) is 23.2. The summed E-state index contributed by atoms with van der Waals surface area (Å²) in [6, 6.07) is 27.3. The second-order valence-corrected chi connectivity index (χ2v) is 12.3. The van der Waals surface area contributed by atoms with Gasteiger partial charge in [0.2, 0.25) is 0 Å². The molecule has 0 aliphatic carbocycles. The molecule has 1 aliphatic heterocycles. The average molecular weight is 471 g/mol. The average Bonchev–Trinajstić information content (AvgIpc) is 3.07. The van der Waals surface area contributed by atoms with E-state index in [4.69, 9.17) is 16.9 Å². The van der Waals surface area contributed by atoms with Gasteiger partial charge in [-0.1, -0.05) is 53.6 Å². The number of benzene rings is 3. The summed E-state index contributed by atoms with van der Waals surface area (Å²) in [5.41, 5.74) is 9.02. The van der Waals surface area contributed by atoms with Crippen LogP contribution in [0.2, 0.25) is 0 Å². The molecule has 166 valence electrons. The number of para-hydroxylation sites is 1. The van der Waals surface area contributed by atoms with Crippen molar-refractivity contribution >= 4 is 41.0 Å². The van der Waals surface area contributed by atoms with Gasteiger partial charge >= 0.3 is 0 Å². The summed E-state index contributed by atoms with van der Waals surface area (Å²) < 4.78 is 4.33. The third kappa shape index (κ3) is 3.72. The summed E-state index contributed by atoms with van der Waals surface area (Å²) in [5, 5.41) is 9.83. The Labute approximate surface area is 200 Å². The fraction of sp³-hybridized carbons (Fsp3) is 0.148. The molecular weight excluding hydrogens is 443 g/mol. The molecule has 0 radical (unpaired) electrons. The van der Waals surface area contributed by atoms with Crippen molar-refractivity contribution < 1.29 is 0 Å². The van der Waals surface area contributed by atoms with Crippen LogP contribution in [0.1, 0.15) is 28.1 Å². The van der Waals surface area contributed by atoms with Gasteiger partial charge in [-0.3, -0.25) is 0 Å². The topological polar surface area (TPSA) is 32.6 Å². The lowest BCUT2D eigenvalue weighted by molar-refractivity contribution is 0.967. The van der Waals surface area contributed by atoms with Gasteiger partial charge < -0.3 is 9.65 Å². The van der Waals surface area contributed by atoms with Crippen LogP contribution in [0, 0.1) is 27.7 Å². The minimum atomic E-state index is -2.55. The van der Waals surface area contributed by atoms with Crippen LogP contribution >= 0.6 is 6.34 Å². The Bertz CT molecular complexity index is 1390. The summed E-state index contributed by atoms with van der Waals surface area (Å²) in [4.78, 5) is 0. The summed E-state index contributed by atoms with van der Waals surface area (Å²) in [5.74, 6) is 0. The normalized spacial score (nSPS) is 17.2. The molecule has 1 aromatic heterocycles. The molecule has 33 heavy (non-hydrogen) atoms. The number of fused-ring (bicyclic) bond motifs is 1. The Morgan fingerprint density at radius 1 is 0.727 bits per heavy atom. The van der Waals surface area contributed by atoms with Crippen molar-refractivity contribution in [2.75, 3.05) is 9.87 Å². The standard InChI is InChI=1S/C27H27N4PS/c1-19-10-14-23(15-11-19)29-32(33)27-22(4)30(24-16-12-20(2)13-17-24)21(3)26(27)18-28-31(32)25-8-6-5-7-9-25/h5-18H,1-4H3,(H,29,33). The molecule has 0 saturated carbocycles. The number of hydrogen-bond donors (Lipinski definition) is 1. The number of nitrogens with zero attached hydrogens (tertiary/aromatic N) is 3. The Morgan fingerprint density at radius 3 is 1.97 bits per heavy atom. The van der Waals surface area contributed by atoms with E-state index in [9.17, 15) is 0 Å². The zero-order valence-electron chi connectivity index (χ0n) is 19.3. The zero-order valence-corrected chi connectivity index (χ0v) is 21.0. The second-order valence-electron chi connectivity index (χ2n) is 8.53. The van der Waals surface area contributed by atoms with Crippen molar-refractivity contribution in [3.05, 3.63) is 107 Å². The van der Waals surface area contributed by atoms with Crippen LogP contribution in [-0.2, 0) is 11.8 Å². The van der Waals surface area contributed by atoms with Crippen molar-refractivity contribution in [2.24, 2.45) is 5.10 Å². The highest BCUT2D eigenvalue weighted by molar-refractivity contribution is 8.19. The summed E-state index contributed by atoms with van der Waals surface area (Å²) in [6.45, 7) is 8.53. The Morgan fingerprint density at radius 2 is 1.33 bits per heavy atom. The predicted molar refractivity (Wildman–Crippen MR) is 145 cm³/mol. The third-order valence-electron chi connectivity index (χ3n) is 6.14. The highest BCUT2D eigenvalue weighted by Crippen LogP contribution is 2.55. The molecule has 1 aliphatic rings. The van der Waals surface area contributed by atoms with E-state index in [0.29, 0.717) is 0 Å². The van der Waals surface area contributed by atoms with Gasteiger partial charge in [-0.25, -0.2) is 4.78 Å². The van der Waals surface area contributed by atoms with Crippen molar-refractivity contribution in [2.45, 2.75) is 27.7 Å². The lowest BCUT2D eigenvalue weighted by Crippen LogP contribution is -2.32. The number of aryl methyl sites for hydroxylation is 2. The van der Waals surface area contributed by atoms with Crippen LogP contribution in [0.5, 0.6) is 0 Å². The molecular formula is C27H27N4PS. The molecule has 1 unspecified atom stereocenters. The van der Waals surface area contributed by atoms with Gasteiger partial charge in [-0.15, -0.1) is 0 Å². The Kier molecular flexibility index (Phi) is 5.48. The van der Waals surface area contributed by atoms with E-state index in [1.807, 2.05) is 29.2 Å². The van der Waals surface area contributed by atoms with E-state index in [0.717, 1.165) is 39.3 Å². The highest BCUT2D eigenvalue weighted by atomic mass is 32.4. The summed E-state index contributed by atoms with van der Waals surface area (Å²) in [7, 11) is 0. The van der Waals surface area contributed by atoms with Crippen LogP contribution in [0.3, 0.4) is 0 Å². The smallest absolute Gasteiger partial charge is 0.173 e. The molecule has 6 heteroatoms. The molecule has 4 nitrogen and oxygen atoms in total. The van der Waals surface area contributed by atoms with Crippen molar-refractivity contribution in [3.8, 4) is 5.69 Å². The highest BCUT2D eigenvalue weighted by Gasteiger charge is 2.38. The number of hydrazone groups is 1.